The lowest BCUT2D eigenvalue weighted by Gasteiger charge is -2.16. The van der Waals surface area contributed by atoms with Gasteiger partial charge in [-0.15, -0.1) is 0 Å². The number of aromatic nitrogens is 2. The van der Waals surface area contributed by atoms with Crippen LogP contribution in [0.1, 0.15) is 19.2 Å². The van der Waals surface area contributed by atoms with E-state index in [1.165, 1.54) is 0 Å². The van der Waals surface area contributed by atoms with E-state index >= 15 is 0 Å². The number of anilines is 1. The van der Waals surface area contributed by atoms with Crippen molar-refractivity contribution >= 4 is 5.95 Å². The quantitative estimate of drug-likeness (QED) is 0.741. The number of hydrogen-bond acceptors (Lipinski definition) is 5. The molecule has 0 saturated carbocycles. The number of nitrogens with zero attached hydrogens (tertiary/aromatic N) is 3. The van der Waals surface area contributed by atoms with Gasteiger partial charge in [-0.2, -0.15) is 4.98 Å². The number of hydrogen-bond donors (Lipinski definition) is 1. The van der Waals surface area contributed by atoms with E-state index in [0.717, 1.165) is 25.4 Å². The van der Waals surface area contributed by atoms with Crippen molar-refractivity contribution in [2.24, 2.45) is 0 Å². The Bertz CT molecular complexity index is 314. The molecule has 0 aromatic carbocycles. The van der Waals surface area contributed by atoms with Crippen LogP contribution in [0.15, 0.2) is 4.52 Å². The second-order valence-electron chi connectivity index (χ2n) is 4.28. The van der Waals surface area contributed by atoms with E-state index in [-0.39, 0.29) is 5.41 Å². The number of nitrogens with one attached hydrogen (secondary N) is 1. The van der Waals surface area contributed by atoms with Crippen LogP contribution in [0.5, 0.6) is 0 Å². The molecule has 1 atom stereocenters. The van der Waals surface area contributed by atoms with Crippen molar-refractivity contribution in [2.45, 2.75) is 18.8 Å². The summed E-state index contributed by atoms with van der Waals surface area (Å²) in [5.74, 6) is 1.39. The van der Waals surface area contributed by atoms with Gasteiger partial charge >= 0.3 is 0 Å². The summed E-state index contributed by atoms with van der Waals surface area (Å²) in [6.07, 6.45) is 1.06. The monoisotopic (exact) mass is 196 g/mol. The van der Waals surface area contributed by atoms with Crippen LogP contribution >= 0.6 is 0 Å². The van der Waals surface area contributed by atoms with Crippen molar-refractivity contribution in [3.63, 3.8) is 0 Å². The normalized spacial score (nSPS) is 26.8. The Morgan fingerprint density at radius 3 is 2.79 bits per heavy atom. The first kappa shape index (κ1) is 9.45. The van der Waals surface area contributed by atoms with Gasteiger partial charge in [0.05, 0.1) is 5.41 Å². The largest absolute Gasteiger partial charge is 0.344 e. The predicted octanol–water partition coefficient (Wildman–Crippen LogP) is 0.387. The molecule has 1 aliphatic heterocycles. The Hall–Kier alpha value is -1.10. The molecule has 0 radical (unpaired) electrons. The highest BCUT2D eigenvalue weighted by Crippen LogP contribution is 2.29. The van der Waals surface area contributed by atoms with Gasteiger partial charge in [0, 0.05) is 20.6 Å². The molecule has 78 valence electrons. The molecule has 5 nitrogen and oxygen atoms in total. The van der Waals surface area contributed by atoms with Gasteiger partial charge in [-0.1, -0.05) is 0 Å². The topological polar surface area (TPSA) is 54.2 Å². The third-order valence-electron chi connectivity index (χ3n) is 2.70. The van der Waals surface area contributed by atoms with E-state index in [2.05, 4.69) is 22.4 Å². The highest BCUT2D eigenvalue weighted by molar-refractivity contribution is 5.25. The lowest BCUT2D eigenvalue weighted by atomic mass is 9.90. The molecule has 0 bridgehead atoms. The Balaban J connectivity index is 2.23. The maximum absolute atomic E-state index is 5.27. The highest BCUT2D eigenvalue weighted by atomic mass is 16.5. The molecule has 0 aliphatic carbocycles. The van der Waals surface area contributed by atoms with Crippen molar-refractivity contribution < 1.29 is 4.52 Å². The van der Waals surface area contributed by atoms with Crippen LogP contribution in [0.3, 0.4) is 0 Å². The Labute approximate surface area is 83.5 Å². The molecule has 14 heavy (non-hydrogen) atoms. The van der Waals surface area contributed by atoms with Crippen LogP contribution in [0.2, 0.25) is 0 Å². The predicted molar refractivity (Wildman–Crippen MR) is 53.5 cm³/mol. The van der Waals surface area contributed by atoms with Crippen molar-refractivity contribution in [3.05, 3.63) is 5.89 Å². The molecule has 0 amide bonds. The zero-order valence-corrected chi connectivity index (χ0v) is 8.87. The molecule has 1 N–H and O–H groups in total. The molecule has 0 spiro atoms. The van der Waals surface area contributed by atoms with E-state index in [4.69, 9.17) is 4.52 Å². The Morgan fingerprint density at radius 1 is 1.50 bits per heavy atom. The molecule has 1 aliphatic rings. The minimum Gasteiger partial charge on any atom is -0.344 e. The van der Waals surface area contributed by atoms with Gasteiger partial charge in [-0.05, 0) is 25.0 Å². The van der Waals surface area contributed by atoms with E-state index in [9.17, 15) is 0 Å². The van der Waals surface area contributed by atoms with Crippen molar-refractivity contribution in [2.75, 3.05) is 32.1 Å². The van der Waals surface area contributed by atoms with E-state index in [0.29, 0.717) is 5.95 Å². The van der Waals surface area contributed by atoms with Crippen LogP contribution in [-0.4, -0.2) is 37.3 Å². The average Bonchev–Trinajstić information content (AvgIpc) is 2.71. The van der Waals surface area contributed by atoms with Crippen molar-refractivity contribution in [1.82, 2.24) is 15.5 Å². The van der Waals surface area contributed by atoms with Gasteiger partial charge in [0.2, 0.25) is 5.89 Å². The summed E-state index contributed by atoms with van der Waals surface area (Å²) in [7, 11) is 3.81. The van der Waals surface area contributed by atoms with Gasteiger partial charge in [-0.25, -0.2) is 0 Å². The first-order valence-electron chi connectivity index (χ1n) is 4.84. The van der Waals surface area contributed by atoms with Crippen LogP contribution in [0, 0.1) is 0 Å². The average molecular weight is 196 g/mol. The minimum atomic E-state index is 0.0151. The first-order chi connectivity index (χ1) is 6.62. The van der Waals surface area contributed by atoms with Gasteiger partial charge in [0.25, 0.3) is 5.95 Å². The summed E-state index contributed by atoms with van der Waals surface area (Å²) in [6, 6.07) is 0. The molecule has 1 aromatic heterocycles. The van der Waals surface area contributed by atoms with E-state index in [1.54, 1.807) is 0 Å². The van der Waals surface area contributed by atoms with Crippen molar-refractivity contribution in [1.29, 1.82) is 0 Å². The van der Waals surface area contributed by atoms with Gasteiger partial charge in [0.1, 0.15) is 0 Å². The van der Waals surface area contributed by atoms with Crippen LogP contribution in [0.4, 0.5) is 5.95 Å². The van der Waals surface area contributed by atoms with Crippen LogP contribution in [-0.2, 0) is 5.41 Å². The van der Waals surface area contributed by atoms with Gasteiger partial charge in [0.15, 0.2) is 0 Å². The fourth-order valence-corrected chi connectivity index (χ4v) is 1.64. The Kier molecular flexibility index (Phi) is 2.19. The maximum atomic E-state index is 5.27. The zero-order valence-electron chi connectivity index (χ0n) is 8.87. The summed E-state index contributed by atoms with van der Waals surface area (Å²) in [6.45, 7) is 4.10. The summed E-state index contributed by atoms with van der Waals surface area (Å²) in [5.41, 5.74) is 0.0151. The second kappa shape index (κ2) is 3.24. The molecule has 1 saturated heterocycles. The van der Waals surface area contributed by atoms with Gasteiger partial charge in [-0.3, -0.25) is 0 Å². The standard InChI is InChI=1S/C9H16N4O/c1-9(4-5-10-6-9)7-11-8(12-14-7)13(2)3/h10H,4-6H2,1-3H3. The number of rotatable bonds is 2. The third-order valence-corrected chi connectivity index (χ3v) is 2.70. The third kappa shape index (κ3) is 1.48. The second-order valence-corrected chi connectivity index (χ2v) is 4.28. The SMILES string of the molecule is CN(C)c1noc(C2(C)CCNC2)n1. The molecule has 1 fully saturated rings. The lowest BCUT2D eigenvalue weighted by Crippen LogP contribution is -2.25. The maximum Gasteiger partial charge on any atom is 0.265 e. The van der Waals surface area contributed by atoms with Crippen LogP contribution in [0.25, 0.3) is 0 Å². The zero-order chi connectivity index (χ0) is 10.2. The molecule has 5 heteroatoms. The molecular weight excluding hydrogens is 180 g/mol. The fourth-order valence-electron chi connectivity index (χ4n) is 1.64. The van der Waals surface area contributed by atoms with E-state index in [1.807, 2.05) is 19.0 Å². The van der Waals surface area contributed by atoms with Crippen molar-refractivity contribution in [3.8, 4) is 0 Å². The fraction of sp³-hybridized carbons (Fsp3) is 0.778. The molecule has 2 rings (SSSR count). The summed E-state index contributed by atoms with van der Waals surface area (Å²) in [4.78, 5) is 6.22. The molecule has 2 heterocycles. The van der Waals surface area contributed by atoms with Gasteiger partial charge < -0.3 is 14.7 Å². The summed E-state index contributed by atoms with van der Waals surface area (Å²) in [5, 5.41) is 7.23. The summed E-state index contributed by atoms with van der Waals surface area (Å²) < 4.78 is 5.27. The Morgan fingerprint density at radius 2 is 2.29 bits per heavy atom. The molecular formula is C9H16N4O. The first-order valence-corrected chi connectivity index (χ1v) is 4.84. The van der Waals surface area contributed by atoms with Crippen LogP contribution < -0.4 is 10.2 Å². The minimum absolute atomic E-state index is 0.0151. The lowest BCUT2D eigenvalue weighted by molar-refractivity contribution is 0.306. The molecule has 1 aromatic rings. The van der Waals surface area contributed by atoms with E-state index < -0.39 is 0 Å². The molecule has 1 unspecified atom stereocenters. The smallest absolute Gasteiger partial charge is 0.265 e. The highest BCUT2D eigenvalue weighted by Gasteiger charge is 2.36. The summed E-state index contributed by atoms with van der Waals surface area (Å²) >= 11 is 0.